The van der Waals surface area contributed by atoms with E-state index in [1.54, 1.807) is 22.5 Å². The third kappa shape index (κ3) is 4.04. The first-order chi connectivity index (χ1) is 11.2. The van der Waals surface area contributed by atoms with Crippen molar-refractivity contribution in [1.82, 2.24) is 10.3 Å². The standard InChI is InChI=1S/C17H17N3O2S/c21-16(19-18-10-15-7-4-8-23-15)12-20-11-14(9-17(20)22)13-5-2-1-3-6-13/h1-8,10,14H,9,11-12H2,(H,19,21)/b18-10-/t14-/m0/s1. The molecule has 2 heterocycles. The number of rotatable bonds is 5. The summed E-state index contributed by atoms with van der Waals surface area (Å²) in [6, 6.07) is 13.8. The van der Waals surface area contributed by atoms with Gasteiger partial charge in [0.05, 0.1) is 6.21 Å². The number of nitrogens with one attached hydrogen (secondary N) is 1. The van der Waals surface area contributed by atoms with Gasteiger partial charge in [-0.15, -0.1) is 11.3 Å². The molecule has 0 saturated carbocycles. The second-order valence-electron chi connectivity index (χ2n) is 5.39. The first-order valence-corrected chi connectivity index (χ1v) is 8.28. The van der Waals surface area contributed by atoms with Crippen molar-refractivity contribution < 1.29 is 9.59 Å². The molecule has 0 spiro atoms. The Morgan fingerprint density at radius 1 is 1.30 bits per heavy atom. The van der Waals surface area contributed by atoms with Crippen molar-refractivity contribution in [3.8, 4) is 0 Å². The third-order valence-corrected chi connectivity index (χ3v) is 4.55. The Bertz CT molecular complexity index is 698. The Morgan fingerprint density at radius 3 is 2.87 bits per heavy atom. The summed E-state index contributed by atoms with van der Waals surface area (Å²) >= 11 is 1.54. The second-order valence-corrected chi connectivity index (χ2v) is 6.37. The van der Waals surface area contributed by atoms with E-state index in [2.05, 4.69) is 10.5 Å². The van der Waals surface area contributed by atoms with Crippen LogP contribution in [0.15, 0.2) is 52.9 Å². The number of nitrogens with zero attached hydrogens (tertiary/aromatic N) is 2. The lowest BCUT2D eigenvalue weighted by Gasteiger charge is -2.15. The smallest absolute Gasteiger partial charge is 0.259 e. The van der Waals surface area contributed by atoms with Crippen LogP contribution in [-0.4, -0.2) is 36.0 Å². The van der Waals surface area contributed by atoms with Gasteiger partial charge in [0.1, 0.15) is 6.54 Å². The molecular formula is C17H17N3O2S. The van der Waals surface area contributed by atoms with Crippen molar-refractivity contribution in [3.05, 3.63) is 58.3 Å². The van der Waals surface area contributed by atoms with Gasteiger partial charge in [-0.25, -0.2) is 5.43 Å². The maximum Gasteiger partial charge on any atom is 0.259 e. The quantitative estimate of drug-likeness (QED) is 0.676. The Labute approximate surface area is 138 Å². The van der Waals surface area contributed by atoms with E-state index in [1.165, 1.54) is 0 Å². The highest BCUT2D eigenvalue weighted by molar-refractivity contribution is 7.11. The average Bonchev–Trinajstić information content (AvgIpc) is 3.19. The molecular weight excluding hydrogens is 310 g/mol. The molecule has 1 aliphatic heterocycles. The van der Waals surface area contributed by atoms with E-state index < -0.39 is 0 Å². The fraction of sp³-hybridized carbons (Fsp3) is 0.235. The Hall–Kier alpha value is -2.47. The number of carbonyl (C=O) groups excluding carboxylic acids is 2. The number of amides is 2. The van der Waals surface area contributed by atoms with Crippen LogP contribution in [0.25, 0.3) is 0 Å². The summed E-state index contributed by atoms with van der Waals surface area (Å²) in [5.74, 6) is -0.109. The van der Waals surface area contributed by atoms with Gasteiger partial charge in [-0.1, -0.05) is 36.4 Å². The van der Waals surface area contributed by atoms with Crippen molar-refractivity contribution in [2.75, 3.05) is 13.1 Å². The highest BCUT2D eigenvalue weighted by atomic mass is 32.1. The van der Waals surface area contributed by atoms with Crippen LogP contribution in [0.5, 0.6) is 0 Å². The van der Waals surface area contributed by atoms with E-state index in [0.717, 1.165) is 10.4 Å². The lowest BCUT2D eigenvalue weighted by atomic mass is 9.99. The molecule has 1 atom stereocenters. The molecule has 1 aromatic carbocycles. The fourth-order valence-corrected chi connectivity index (χ4v) is 3.20. The Balaban J connectivity index is 1.52. The third-order valence-electron chi connectivity index (χ3n) is 3.74. The molecule has 6 heteroatoms. The van der Waals surface area contributed by atoms with Crippen molar-refractivity contribution in [1.29, 1.82) is 0 Å². The van der Waals surface area contributed by atoms with E-state index >= 15 is 0 Å². The van der Waals surface area contributed by atoms with Crippen LogP contribution >= 0.6 is 11.3 Å². The molecule has 1 aliphatic rings. The SMILES string of the molecule is O=C(CN1C[C@@H](c2ccccc2)CC1=O)N/N=C\c1cccs1. The molecule has 2 amide bonds. The van der Waals surface area contributed by atoms with E-state index in [1.807, 2.05) is 47.8 Å². The summed E-state index contributed by atoms with van der Waals surface area (Å²) in [6.07, 6.45) is 2.05. The zero-order valence-corrected chi connectivity index (χ0v) is 13.3. The number of benzene rings is 1. The maximum absolute atomic E-state index is 12.1. The lowest BCUT2D eigenvalue weighted by Crippen LogP contribution is -2.36. The second kappa shape index (κ2) is 7.19. The van der Waals surface area contributed by atoms with Gasteiger partial charge in [-0.3, -0.25) is 9.59 Å². The molecule has 1 aromatic heterocycles. The van der Waals surface area contributed by atoms with Crippen LogP contribution < -0.4 is 5.43 Å². The summed E-state index contributed by atoms with van der Waals surface area (Å²) in [5, 5.41) is 5.85. The van der Waals surface area contributed by atoms with Crippen molar-refractivity contribution in [3.63, 3.8) is 0 Å². The molecule has 2 aromatic rings. The molecule has 0 unspecified atom stereocenters. The number of hydrazone groups is 1. The molecule has 0 aliphatic carbocycles. The maximum atomic E-state index is 12.1. The van der Waals surface area contributed by atoms with Crippen LogP contribution in [0.2, 0.25) is 0 Å². The molecule has 1 fully saturated rings. The fourth-order valence-electron chi connectivity index (χ4n) is 2.61. The molecule has 1 saturated heterocycles. The predicted molar refractivity (Wildman–Crippen MR) is 90.4 cm³/mol. The molecule has 118 valence electrons. The van der Waals surface area contributed by atoms with Gasteiger partial charge in [0.15, 0.2) is 0 Å². The van der Waals surface area contributed by atoms with Crippen LogP contribution in [0.3, 0.4) is 0 Å². The van der Waals surface area contributed by atoms with E-state index in [0.29, 0.717) is 13.0 Å². The number of likely N-dealkylation sites (tertiary alicyclic amines) is 1. The molecule has 0 bridgehead atoms. The largest absolute Gasteiger partial charge is 0.333 e. The number of hydrogen-bond acceptors (Lipinski definition) is 4. The monoisotopic (exact) mass is 327 g/mol. The predicted octanol–water partition coefficient (Wildman–Crippen LogP) is 2.21. The summed E-state index contributed by atoms with van der Waals surface area (Å²) < 4.78 is 0. The van der Waals surface area contributed by atoms with Crippen LogP contribution in [0, 0.1) is 0 Å². The minimum atomic E-state index is -0.278. The first-order valence-electron chi connectivity index (χ1n) is 7.40. The van der Waals surface area contributed by atoms with E-state index in [9.17, 15) is 9.59 Å². The van der Waals surface area contributed by atoms with Crippen molar-refractivity contribution >= 4 is 29.4 Å². The zero-order valence-electron chi connectivity index (χ0n) is 12.5. The van der Waals surface area contributed by atoms with Crippen LogP contribution in [-0.2, 0) is 9.59 Å². The normalized spacial score (nSPS) is 17.8. The van der Waals surface area contributed by atoms with Gasteiger partial charge >= 0.3 is 0 Å². The minimum Gasteiger partial charge on any atom is -0.333 e. The molecule has 0 radical (unpaired) electrons. The number of hydrogen-bond donors (Lipinski definition) is 1. The molecule has 5 nitrogen and oxygen atoms in total. The number of thiophene rings is 1. The number of carbonyl (C=O) groups is 2. The molecule has 3 rings (SSSR count). The highest BCUT2D eigenvalue weighted by Crippen LogP contribution is 2.27. The van der Waals surface area contributed by atoms with Crippen molar-refractivity contribution in [2.45, 2.75) is 12.3 Å². The summed E-state index contributed by atoms with van der Waals surface area (Å²) in [7, 11) is 0. The molecule has 1 N–H and O–H groups in total. The van der Waals surface area contributed by atoms with Crippen LogP contribution in [0.1, 0.15) is 22.8 Å². The Kier molecular flexibility index (Phi) is 4.83. The summed E-state index contributed by atoms with van der Waals surface area (Å²) in [5.41, 5.74) is 3.60. The van der Waals surface area contributed by atoms with Gasteiger partial charge in [0.25, 0.3) is 5.91 Å². The van der Waals surface area contributed by atoms with E-state index in [4.69, 9.17) is 0 Å². The minimum absolute atomic E-state index is 0.0104. The molecule has 23 heavy (non-hydrogen) atoms. The summed E-state index contributed by atoms with van der Waals surface area (Å²) in [6.45, 7) is 0.620. The van der Waals surface area contributed by atoms with Gasteiger partial charge < -0.3 is 4.90 Å². The average molecular weight is 327 g/mol. The van der Waals surface area contributed by atoms with Gasteiger partial charge in [-0.2, -0.15) is 5.10 Å². The van der Waals surface area contributed by atoms with E-state index in [-0.39, 0.29) is 24.3 Å². The lowest BCUT2D eigenvalue weighted by molar-refractivity contribution is -0.133. The topological polar surface area (TPSA) is 61.8 Å². The first kappa shape index (κ1) is 15.4. The van der Waals surface area contributed by atoms with Gasteiger partial charge in [0.2, 0.25) is 5.91 Å². The van der Waals surface area contributed by atoms with Crippen LogP contribution in [0.4, 0.5) is 0 Å². The highest BCUT2D eigenvalue weighted by Gasteiger charge is 2.31. The van der Waals surface area contributed by atoms with Crippen molar-refractivity contribution in [2.24, 2.45) is 5.10 Å². The van der Waals surface area contributed by atoms with Gasteiger partial charge in [-0.05, 0) is 17.0 Å². The summed E-state index contributed by atoms with van der Waals surface area (Å²) in [4.78, 5) is 26.5. The zero-order chi connectivity index (χ0) is 16.1. The Morgan fingerprint density at radius 2 is 2.13 bits per heavy atom. The van der Waals surface area contributed by atoms with Gasteiger partial charge in [0, 0.05) is 23.8 Å².